The average Bonchev–Trinajstić information content (AvgIpc) is 3.61. The molecule has 0 atom stereocenters. The fraction of sp³-hybridized carbons (Fsp3) is 0. The topological polar surface area (TPSA) is 22.8 Å². The number of pyridine rings is 1. The van der Waals surface area contributed by atoms with E-state index in [4.69, 9.17) is 4.98 Å². The fourth-order valence-electron chi connectivity index (χ4n) is 6.87. The third-order valence-electron chi connectivity index (χ3n) is 8.75. The first-order chi connectivity index (χ1) is 21.9. The summed E-state index contributed by atoms with van der Waals surface area (Å²) in [7, 11) is 0. The highest BCUT2D eigenvalue weighted by atomic mass is 15.0. The predicted octanol–water partition coefficient (Wildman–Crippen LogP) is 10.6. The van der Waals surface area contributed by atoms with Crippen molar-refractivity contribution >= 4 is 43.6 Å². The van der Waals surface area contributed by atoms with E-state index in [1.54, 1.807) is 0 Å². The summed E-state index contributed by atoms with van der Waals surface area (Å²) >= 11 is 0. The molecule has 0 saturated heterocycles. The SMILES string of the molecule is c1cc(-c2ccccc2-n2c3ccccc3c3ccccc32)nc(-c2ccccc2-n2c3ccccc3c3ccccc32)c1. The van der Waals surface area contributed by atoms with Crippen LogP contribution in [0.1, 0.15) is 0 Å². The lowest BCUT2D eigenvalue weighted by atomic mass is 10.0. The Bertz CT molecular complexity index is 2230. The van der Waals surface area contributed by atoms with E-state index < -0.39 is 0 Å². The summed E-state index contributed by atoms with van der Waals surface area (Å²) in [5, 5.41) is 5.00. The number of hydrogen-bond donors (Lipinski definition) is 0. The highest BCUT2D eigenvalue weighted by molar-refractivity contribution is 6.10. The largest absolute Gasteiger partial charge is 0.309 e. The Hall–Kier alpha value is -5.93. The molecule has 0 aliphatic heterocycles. The van der Waals surface area contributed by atoms with Crippen molar-refractivity contribution in [1.29, 1.82) is 0 Å². The number of benzene rings is 6. The minimum absolute atomic E-state index is 0.942. The summed E-state index contributed by atoms with van der Waals surface area (Å²) in [4.78, 5) is 5.35. The molecule has 3 nitrogen and oxygen atoms in total. The molecule has 9 aromatic rings. The number of para-hydroxylation sites is 6. The zero-order chi connectivity index (χ0) is 29.0. The van der Waals surface area contributed by atoms with Crippen LogP contribution in [0.4, 0.5) is 0 Å². The van der Waals surface area contributed by atoms with Crippen LogP contribution in [0.2, 0.25) is 0 Å². The van der Waals surface area contributed by atoms with Gasteiger partial charge in [0, 0.05) is 32.7 Å². The van der Waals surface area contributed by atoms with E-state index in [2.05, 4.69) is 173 Å². The third kappa shape index (κ3) is 3.66. The van der Waals surface area contributed by atoms with Crippen molar-refractivity contribution in [3.05, 3.63) is 164 Å². The number of fused-ring (bicyclic) bond motifs is 6. The van der Waals surface area contributed by atoms with Crippen LogP contribution < -0.4 is 0 Å². The molecule has 0 unspecified atom stereocenters. The second kappa shape index (κ2) is 9.82. The van der Waals surface area contributed by atoms with Crippen molar-refractivity contribution in [2.45, 2.75) is 0 Å². The first-order valence-electron chi connectivity index (χ1n) is 15.0. The summed E-state index contributed by atoms with van der Waals surface area (Å²) in [5.74, 6) is 0. The number of aromatic nitrogens is 3. The number of rotatable bonds is 4. The van der Waals surface area contributed by atoms with Crippen molar-refractivity contribution in [3.63, 3.8) is 0 Å². The molecule has 3 heterocycles. The van der Waals surface area contributed by atoms with Gasteiger partial charge in [0.2, 0.25) is 0 Å². The smallest absolute Gasteiger partial charge is 0.0730 e. The molecular weight excluding hydrogens is 534 g/mol. The monoisotopic (exact) mass is 561 g/mol. The van der Waals surface area contributed by atoms with Crippen LogP contribution in [0.5, 0.6) is 0 Å². The molecule has 0 fully saturated rings. The van der Waals surface area contributed by atoms with Crippen molar-refractivity contribution < 1.29 is 0 Å². The van der Waals surface area contributed by atoms with Crippen LogP contribution >= 0.6 is 0 Å². The van der Waals surface area contributed by atoms with Gasteiger partial charge in [0.1, 0.15) is 0 Å². The lowest BCUT2D eigenvalue weighted by molar-refractivity contribution is 1.16. The Morgan fingerprint density at radius 1 is 0.295 bits per heavy atom. The van der Waals surface area contributed by atoms with Crippen molar-refractivity contribution in [1.82, 2.24) is 14.1 Å². The van der Waals surface area contributed by atoms with E-state index in [9.17, 15) is 0 Å². The van der Waals surface area contributed by atoms with Gasteiger partial charge in [-0.15, -0.1) is 0 Å². The quantitative estimate of drug-likeness (QED) is 0.210. The van der Waals surface area contributed by atoms with E-state index in [0.717, 1.165) is 33.9 Å². The summed E-state index contributed by atoms with van der Waals surface area (Å²) in [5.41, 5.74) is 11.1. The van der Waals surface area contributed by atoms with Crippen molar-refractivity contribution in [3.8, 4) is 33.9 Å². The average molecular weight is 562 g/mol. The van der Waals surface area contributed by atoms with Crippen LogP contribution in [0.25, 0.3) is 77.5 Å². The Labute approximate surface area is 254 Å². The molecule has 0 N–H and O–H groups in total. The Morgan fingerprint density at radius 2 is 0.614 bits per heavy atom. The second-order valence-corrected chi connectivity index (χ2v) is 11.2. The van der Waals surface area contributed by atoms with E-state index in [1.165, 1.54) is 43.6 Å². The molecule has 0 aliphatic carbocycles. The first-order valence-corrected chi connectivity index (χ1v) is 15.0. The maximum Gasteiger partial charge on any atom is 0.0730 e. The van der Waals surface area contributed by atoms with E-state index >= 15 is 0 Å². The molecule has 0 radical (unpaired) electrons. The van der Waals surface area contributed by atoms with Crippen LogP contribution in [0, 0.1) is 0 Å². The standard InChI is InChI=1S/C41H27N3/c1-7-22-36-28(14-1)29-15-2-8-23-37(29)43(36)40-26-11-5-18-32(40)34-20-13-21-35(42-34)33-19-6-12-27-41(33)44-38-24-9-3-16-30(38)31-17-4-10-25-39(31)44/h1-27H. The summed E-state index contributed by atoms with van der Waals surface area (Å²) in [6.07, 6.45) is 0. The zero-order valence-corrected chi connectivity index (χ0v) is 23.9. The van der Waals surface area contributed by atoms with Crippen LogP contribution in [-0.2, 0) is 0 Å². The minimum atomic E-state index is 0.942. The van der Waals surface area contributed by atoms with Crippen molar-refractivity contribution in [2.75, 3.05) is 0 Å². The zero-order valence-electron chi connectivity index (χ0n) is 23.9. The molecule has 44 heavy (non-hydrogen) atoms. The Balaban J connectivity index is 1.26. The molecule has 0 aliphatic rings. The normalized spacial score (nSPS) is 11.6. The van der Waals surface area contributed by atoms with Gasteiger partial charge in [0.15, 0.2) is 0 Å². The highest BCUT2D eigenvalue weighted by Gasteiger charge is 2.18. The molecule has 6 aromatic carbocycles. The number of hydrogen-bond acceptors (Lipinski definition) is 1. The summed E-state index contributed by atoms with van der Waals surface area (Å²) in [6.45, 7) is 0. The molecule has 0 spiro atoms. The predicted molar refractivity (Wildman–Crippen MR) is 184 cm³/mol. The second-order valence-electron chi connectivity index (χ2n) is 11.2. The molecule has 9 rings (SSSR count). The van der Waals surface area contributed by atoms with Gasteiger partial charge in [0.25, 0.3) is 0 Å². The van der Waals surface area contributed by atoms with Crippen LogP contribution in [-0.4, -0.2) is 14.1 Å². The van der Waals surface area contributed by atoms with E-state index in [0.29, 0.717) is 0 Å². The van der Waals surface area contributed by atoms with Gasteiger partial charge in [-0.05, 0) is 48.5 Å². The molecule has 0 amide bonds. The fourth-order valence-corrected chi connectivity index (χ4v) is 6.87. The van der Waals surface area contributed by atoms with Gasteiger partial charge in [0.05, 0.1) is 44.8 Å². The molecular formula is C41H27N3. The van der Waals surface area contributed by atoms with Gasteiger partial charge in [-0.25, -0.2) is 4.98 Å². The first kappa shape index (κ1) is 24.6. The highest BCUT2D eigenvalue weighted by Crippen LogP contribution is 2.38. The maximum absolute atomic E-state index is 5.35. The van der Waals surface area contributed by atoms with Gasteiger partial charge in [-0.2, -0.15) is 0 Å². The van der Waals surface area contributed by atoms with Gasteiger partial charge in [-0.1, -0.05) is 115 Å². The molecule has 0 bridgehead atoms. The number of nitrogens with zero attached hydrogens (tertiary/aromatic N) is 3. The Morgan fingerprint density at radius 3 is 1.00 bits per heavy atom. The molecule has 206 valence electrons. The molecule has 0 saturated carbocycles. The van der Waals surface area contributed by atoms with Gasteiger partial charge < -0.3 is 9.13 Å². The lowest BCUT2D eigenvalue weighted by Crippen LogP contribution is -2.00. The van der Waals surface area contributed by atoms with Gasteiger partial charge >= 0.3 is 0 Å². The van der Waals surface area contributed by atoms with Gasteiger partial charge in [-0.3, -0.25) is 0 Å². The van der Waals surface area contributed by atoms with E-state index in [-0.39, 0.29) is 0 Å². The maximum atomic E-state index is 5.35. The minimum Gasteiger partial charge on any atom is -0.309 e. The molecule has 3 aromatic heterocycles. The summed E-state index contributed by atoms with van der Waals surface area (Å²) in [6, 6.07) is 58.2. The van der Waals surface area contributed by atoms with Crippen LogP contribution in [0.15, 0.2) is 164 Å². The Kier molecular flexibility index (Phi) is 5.50. The summed E-state index contributed by atoms with van der Waals surface area (Å²) < 4.78 is 4.75. The van der Waals surface area contributed by atoms with Crippen LogP contribution in [0.3, 0.4) is 0 Å². The lowest BCUT2D eigenvalue weighted by Gasteiger charge is -2.16. The molecule has 3 heteroatoms. The third-order valence-corrected chi connectivity index (χ3v) is 8.75. The van der Waals surface area contributed by atoms with Crippen molar-refractivity contribution in [2.24, 2.45) is 0 Å². The van der Waals surface area contributed by atoms with E-state index in [1.807, 2.05) is 0 Å².